The van der Waals surface area contributed by atoms with Gasteiger partial charge < -0.3 is 14.2 Å². The fourth-order valence-corrected chi connectivity index (χ4v) is 7.02. The highest BCUT2D eigenvalue weighted by Gasteiger charge is 2.26. The smallest absolute Gasteiger partial charge is 0.160 e. The summed E-state index contributed by atoms with van der Waals surface area (Å²) in [6, 6.07) is 52.2. The molecule has 1 aliphatic heterocycles. The van der Waals surface area contributed by atoms with Gasteiger partial charge in [-0.3, -0.25) is 0 Å². The van der Waals surface area contributed by atoms with Crippen molar-refractivity contribution in [3.63, 3.8) is 0 Å². The molecule has 1 atom stereocenters. The number of furan rings is 2. The number of benzene rings is 7. The lowest BCUT2D eigenvalue weighted by atomic mass is 9.99. The third kappa shape index (κ3) is 4.25. The molecule has 5 nitrogen and oxygen atoms in total. The molecule has 7 aromatic carbocycles. The van der Waals surface area contributed by atoms with E-state index in [1.165, 1.54) is 10.8 Å². The van der Waals surface area contributed by atoms with Crippen molar-refractivity contribution in [2.24, 2.45) is 9.98 Å². The monoisotopic (exact) mass is 617 g/mol. The Morgan fingerprint density at radius 1 is 0.500 bits per heavy atom. The fraction of sp³-hybridized carbons (Fsp3) is 0.0233. The van der Waals surface area contributed by atoms with Gasteiger partial charge in [0, 0.05) is 38.2 Å². The molecular weight excluding hydrogens is 590 g/mol. The topological polar surface area (TPSA) is 63.0 Å². The number of amidine groups is 2. The van der Waals surface area contributed by atoms with Crippen LogP contribution in [0.15, 0.2) is 170 Å². The highest BCUT2D eigenvalue weighted by atomic mass is 16.3. The summed E-state index contributed by atoms with van der Waals surface area (Å²) in [5.41, 5.74) is 8.41. The maximum Gasteiger partial charge on any atom is 0.160 e. The van der Waals surface area contributed by atoms with E-state index in [0.29, 0.717) is 5.84 Å². The average molecular weight is 618 g/mol. The second-order valence-corrected chi connectivity index (χ2v) is 12.2. The summed E-state index contributed by atoms with van der Waals surface area (Å²) in [6.07, 6.45) is -0.426. The molecule has 1 N–H and O–H groups in total. The van der Waals surface area contributed by atoms with E-state index in [2.05, 4.69) is 108 Å². The minimum atomic E-state index is -0.426. The predicted octanol–water partition coefficient (Wildman–Crippen LogP) is 10.8. The van der Waals surface area contributed by atoms with Crippen molar-refractivity contribution in [3.05, 3.63) is 168 Å². The van der Waals surface area contributed by atoms with Gasteiger partial charge in [0.1, 0.15) is 28.2 Å². The molecule has 0 radical (unpaired) electrons. The molecule has 0 saturated carbocycles. The third-order valence-electron chi connectivity index (χ3n) is 9.34. The zero-order valence-corrected chi connectivity index (χ0v) is 25.7. The van der Waals surface area contributed by atoms with Crippen molar-refractivity contribution in [2.45, 2.75) is 6.17 Å². The summed E-state index contributed by atoms with van der Waals surface area (Å²) < 4.78 is 13.0. The van der Waals surface area contributed by atoms with Gasteiger partial charge in [-0.25, -0.2) is 9.98 Å². The number of para-hydroxylation sites is 2. The summed E-state index contributed by atoms with van der Waals surface area (Å²) in [5, 5.41) is 10.2. The van der Waals surface area contributed by atoms with E-state index in [9.17, 15) is 0 Å². The molecule has 1 aliphatic rings. The Kier molecular flexibility index (Phi) is 5.87. The molecule has 5 heteroatoms. The lowest BCUT2D eigenvalue weighted by molar-refractivity contribution is 0.628. The van der Waals surface area contributed by atoms with Gasteiger partial charge in [0.15, 0.2) is 12.0 Å². The number of fused-ring (bicyclic) bond motifs is 7. The number of nitrogens with zero attached hydrogens (tertiary/aromatic N) is 2. The second-order valence-electron chi connectivity index (χ2n) is 12.2. The molecule has 2 aromatic heterocycles. The third-order valence-corrected chi connectivity index (χ3v) is 9.34. The minimum Gasteiger partial charge on any atom is -0.456 e. The van der Waals surface area contributed by atoms with Crippen LogP contribution in [0.2, 0.25) is 0 Å². The zero-order chi connectivity index (χ0) is 31.6. The van der Waals surface area contributed by atoms with Gasteiger partial charge in [0.05, 0.1) is 0 Å². The number of aliphatic imine (C=N–C) groups is 2. The van der Waals surface area contributed by atoms with Crippen LogP contribution in [0.3, 0.4) is 0 Å². The van der Waals surface area contributed by atoms with E-state index in [0.717, 1.165) is 77.5 Å². The summed E-state index contributed by atoms with van der Waals surface area (Å²) in [5.74, 6) is 1.39. The molecule has 0 aliphatic carbocycles. The van der Waals surface area contributed by atoms with Crippen molar-refractivity contribution in [3.8, 4) is 11.1 Å². The van der Waals surface area contributed by atoms with Crippen LogP contribution in [0.1, 0.15) is 22.9 Å². The Morgan fingerprint density at radius 2 is 1.25 bits per heavy atom. The molecule has 0 saturated heterocycles. The number of rotatable bonds is 4. The zero-order valence-electron chi connectivity index (χ0n) is 25.7. The first-order chi connectivity index (χ1) is 23.8. The van der Waals surface area contributed by atoms with Crippen molar-refractivity contribution < 1.29 is 8.83 Å². The molecule has 0 amide bonds. The van der Waals surface area contributed by atoms with Crippen molar-refractivity contribution >= 4 is 66.3 Å². The molecular formula is C43H27N3O2. The maximum absolute atomic E-state index is 6.51. The van der Waals surface area contributed by atoms with Crippen molar-refractivity contribution in [2.75, 3.05) is 0 Å². The fourth-order valence-electron chi connectivity index (χ4n) is 7.02. The van der Waals surface area contributed by atoms with Crippen LogP contribution >= 0.6 is 0 Å². The van der Waals surface area contributed by atoms with E-state index in [1.54, 1.807) is 0 Å². The largest absolute Gasteiger partial charge is 0.456 e. The van der Waals surface area contributed by atoms with E-state index in [1.807, 2.05) is 48.5 Å². The first kappa shape index (κ1) is 26.7. The standard InChI is InChI=1S/C43H27N3O2/c1-2-11-27(12-3-1)41-44-42(46-43(45-41)35-17-8-15-32-31-14-6-7-18-36(31)48-40(32)35)34-16-9-19-37-39(34)33-23-22-30(25-38(33)47-37)29-21-20-26-10-4-5-13-28(26)24-29/h1-25,43H,(H,44,45,46). The minimum absolute atomic E-state index is 0.426. The van der Waals surface area contributed by atoms with Gasteiger partial charge in [0.25, 0.3) is 0 Å². The van der Waals surface area contributed by atoms with Gasteiger partial charge in [-0.05, 0) is 52.2 Å². The van der Waals surface area contributed by atoms with Crippen LogP contribution in [0.25, 0.3) is 65.8 Å². The lowest BCUT2D eigenvalue weighted by Crippen LogP contribution is -2.33. The first-order valence-corrected chi connectivity index (χ1v) is 16.1. The van der Waals surface area contributed by atoms with Gasteiger partial charge in [-0.2, -0.15) is 0 Å². The Labute approximate surface area is 275 Å². The summed E-state index contributed by atoms with van der Waals surface area (Å²) in [6.45, 7) is 0. The molecule has 1 unspecified atom stereocenters. The van der Waals surface area contributed by atoms with E-state index in [-0.39, 0.29) is 0 Å². The van der Waals surface area contributed by atoms with Crippen LogP contribution in [-0.4, -0.2) is 11.7 Å². The highest BCUT2D eigenvalue weighted by Crippen LogP contribution is 2.38. The molecule has 0 fully saturated rings. The van der Waals surface area contributed by atoms with Gasteiger partial charge in [0.2, 0.25) is 0 Å². The maximum atomic E-state index is 6.51. The van der Waals surface area contributed by atoms with E-state index in [4.69, 9.17) is 18.8 Å². The summed E-state index contributed by atoms with van der Waals surface area (Å²) >= 11 is 0. The number of hydrogen-bond acceptors (Lipinski definition) is 5. The van der Waals surface area contributed by atoms with Gasteiger partial charge in [-0.15, -0.1) is 0 Å². The van der Waals surface area contributed by atoms with Crippen molar-refractivity contribution in [1.29, 1.82) is 0 Å². The Balaban J connectivity index is 1.14. The van der Waals surface area contributed by atoms with Crippen LogP contribution in [0.4, 0.5) is 0 Å². The summed E-state index contributed by atoms with van der Waals surface area (Å²) in [4.78, 5) is 10.4. The SMILES string of the molecule is c1ccc(C2=NC(c3cccc4oc5cc(-c6ccc7ccccc7c6)ccc5c34)=NC(c3cccc4c3oc3ccccc34)N2)cc1. The Morgan fingerprint density at radius 3 is 2.19 bits per heavy atom. The Hall–Kier alpha value is -6.46. The molecule has 0 bridgehead atoms. The number of hydrogen-bond donors (Lipinski definition) is 1. The first-order valence-electron chi connectivity index (χ1n) is 16.1. The highest BCUT2D eigenvalue weighted by molar-refractivity contribution is 6.22. The molecule has 10 rings (SSSR count). The predicted molar refractivity (Wildman–Crippen MR) is 196 cm³/mol. The summed E-state index contributed by atoms with van der Waals surface area (Å²) in [7, 11) is 0. The quantitative estimate of drug-likeness (QED) is 0.214. The van der Waals surface area contributed by atoms with E-state index >= 15 is 0 Å². The lowest BCUT2D eigenvalue weighted by Gasteiger charge is -2.24. The molecule has 0 spiro atoms. The van der Waals surface area contributed by atoms with Crippen LogP contribution < -0.4 is 5.32 Å². The second kappa shape index (κ2) is 10.5. The van der Waals surface area contributed by atoms with Crippen LogP contribution in [-0.2, 0) is 0 Å². The molecule has 9 aromatic rings. The Bertz CT molecular complexity index is 2770. The molecule has 226 valence electrons. The van der Waals surface area contributed by atoms with Gasteiger partial charge >= 0.3 is 0 Å². The van der Waals surface area contributed by atoms with Gasteiger partial charge in [-0.1, -0.05) is 121 Å². The molecule has 48 heavy (non-hydrogen) atoms. The molecule has 3 heterocycles. The van der Waals surface area contributed by atoms with Crippen LogP contribution in [0, 0.1) is 0 Å². The normalized spacial score (nSPS) is 14.9. The average Bonchev–Trinajstić information content (AvgIpc) is 3.73. The van der Waals surface area contributed by atoms with Crippen LogP contribution in [0.5, 0.6) is 0 Å². The number of nitrogens with one attached hydrogen (secondary N) is 1. The van der Waals surface area contributed by atoms with Crippen molar-refractivity contribution in [1.82, 2.24) is 5.32 Å². The van der Waals surface area contributed by atoms with E-state index < -0.39 is 6.17 Å².